The molecule has 0 saturated heterocycles. The average molecular weight is 305 g/mol. The Bertz CT molecular complexity index is 550. The average Bonchev–Trinajstić information content (AvgIpc) is 2.35. The molecule has 1 aromatic heterocycles. The highest BCUT2D eigenvalue weighted by Gasteiger charge is 2.05. The Morgan fingerprint density at radius 2 is 2.00 bits per heavy atom. The van der Waals surface area contributed by atoms with Crippen molar-refractivity contribution in [2.24, 2.45) is 0 Å². The van der Waals surface area contributed by atoms with E-state index in [1.54, 1.807) is 0 Å². The standard InChI is InChI=1S/C15H17BrN2/c1-10(2)12-5-4-6-13(9-12)18-15-14(16)11(3)7-8-17-15/h4-10H,1-3H3,(H,17,18). The minimum atomic E-state index is 0.528. The van der Waals surface area contributed by atoms with E-state index in [-0.39, 0.29) is 0 Å². The lowest BCUT2D eigenvalue weighted by atomic mass is 10.0. The van der Waals surface area contributed by atoms with E-state index in [2.05, 4.69) is 71.3 Å². The van der Waals surface area contributed by atoms with Crippen molar-refractivity contribution in [1.29, 1.82) is 0 Å². The van der Waals surface area contributed by atoms with Crippen molar-refractivity contribution in [2.45, 2.75) is 26.7 Å². The highest BCUT2D eigenvalue weighted by Crippen LogP contribution is 2.27. The first-order valence-electron chi connectivity index (χ1n) is 6.06. The number of pyridine rings is 1. The largest absolute Gasteiger partial charge is 0.339 e. The molecule has 2 aromatic rings. The summed E-state index contributed by atoms with van der Waals surface area (Å²) >= 11 is 3.56. The van der Waals surface area contributed by atoms with Gasteiger partial charge in [-0.05, 0) is 58.1 Å². The van der Waals surface area contributed by atoms with E-state index in [1.807, 2.05) is 12.3 Å². The molecule has 3 heteroatoms. The third-order valence-electron chi connectivity index (χ3n) is 2.90. The molecule has 1 heterocycles. The van der Waals surface area contributed by atoms with Crippen molar-refractivity contribution in [1.82, 2.24) is 4.98 Å². The van der Waals surface area contributed by atoms with Gasteiger partial charge in [0.15, 0.2) is 0 Å². The van der Waals surface area contributed by atoms with Crippen LogP contribution in [-0.2, 0) is 0 Å². The molecule has 0 aliphatic heterocycles. The SMILES string of the molecule is Cc1ccnc(Nc2cccc(C(C)C)c2)c1Br. The van der Waals surface area contributed by atoms with Gasteiger partial charge in [0.2, 0.25) is 0 Å². The van der Waals surface area contributed by atoms with Gasteiger partial charge < -0.3 is 5.32 Å². The molecule has 0 bridgehead atoms. The molecular formula is C15H17BrN2. The smallest absolute Gasteiger partial charge is 0.144 e. The first-order valence-corrected chi connectivity index (χ1v) is 6.85. The van der Waals surface area contributed by atoms with E-state index in [0.717, 1.165) is 16.0 Å². The van der Waals surface area contributed by atoms with E-state index in [9.17, 15) is 0 Å². The Hall–Kier alpha value is -1.35. The molecule has 0 aliphatic rings. The van der Waals surface area contributed by atoms with Crippen molar-refractivity contribution in [3.63, 3.8) is 0 Å². The monoisotopic (exact) mass is 304 g/mol. The second kappa shape index (κ2) is 5.53. The van der Waals surface area contributed by atoms with Crippen LogP contribution in [0.15, 0.2) is 41.0 Å². The predicted octanol–water partition coefficient (Wildman–Crippen LogP) is 5.02. The number of anilines is 2. The molecule has 1 aromatic carbocycles. The summed E-state index contributed by atoms with van der Waals surface area (Å²) in [6.07, 6.45) is 1.81. The first-order chi connectivity index (χ1) is 8.58. The minimum absolute atomic E-state index is 0.528. The predicted molar refractivity (Wildman–Crippen MR) is 80.5 cm³/mol. The van der Waals surface area contributed by atoms with Crippen LogP contribution >= 0.6 is 15.9 Å². The van der Waals surface area contributed by atoms with Crippen LogP contribution in [0.3, 0.4) is 0 Å². The van der Waals surface area contributed by atoms with Crippen LogP contribution < -0.4 is 5.32 Å². The van der Waals surface area contributed by atoms with Gasteiger partial charge in [-0.1, -0.05) is 26.0 Å². The van der Waals surface area contributed by atoms with Crippen LogP contribution in [0.5, 0.6) is 0 Å². The molecule has 0 saturated carbocycles. The fourth-order valence-corrected chi connectivity index (χ4v) is 2.07. The maximum atomic E-state index is 4.35. The summed E-state index contributed by atoms with van der Waals surface area (Å²) in [5, 5.41) is 3.35. The molecule has 18 heavy (non-hydrogen) atoms. The lowest BCUT2D eigenvalue weighted by Gasteiger charge is -2.11. The van der Waals surface area contributed by atoms with Crippen molar-refractivity contribution in [3.8, 4) is 0 Å². The van der Waals surface area contributed by atoms with E-state index in [1.165, 1.54) is 11.1 Å². The molecule has 94 valence electrons. The van der Waals surface area contributed by atoms with E-state index in [0.29, 0.717) is 5.92 Å². The zero-order chi connectivity index (χ0) is 13.1. The summed E-state index contributed by atoms with van der Waals surface area (Å²) in [6.45, 7) is 6.45. The summed E-state index contributed by atoms with van der Waals surface area (Å²) in [5.41, 5.74) is 3.57. The molecule has 0 fully saturated rings. The van der Waals surface area contributed by atoms with Crippen LogP contribution in [0.2, 0.25) is 0 Å². The third-order valence-corrected chi connectivity index (χ3v) is 3.90. The molecule has 1 N–H and O–H groups in total. The van der Waals surface area contributed by atoms with Crippen molar-refractivity contribution in [3.05, 3.63) is 52.1 Å². The summed E-state index contributed by atoms with van der Waals surface area (Å²) in [4.78, 5) is 4.35. The molecule has 0 unspecified atom stereocenters. The van der Waals surface area contributed by atoms with Gasteiger partial charge in [-0.15, -0.1) is 0 Å². The number of halogens is 1. The zero-order valence-corrected chi connectivity index (χ0v) is 12.5. The quantitative estimate of drug-likeness (QED) is 0.861. The Labute approximate surface area is 117 Å². The Kier molecular flexibility index (Phi) is 4.02. The van der Waals surface area contributed by atoms with Gasteiger partial charge in [0.05, 0.1) is 4.47 Å². The number of hydrogen-bond donors (Lipinski definition) is 1. The van der Waals surface area contributed by atoms with Gasteiger partial charge in [0.1, 0.15) is 5.82 Å². The Morgan fingerprint density at radius 1 is 1.22 bits per heavy atom. The molecule has 0 amide bonds. The van der Waals surface area contributed by atoms with Crippen LogP contribution in [0, 0.1) is 6.92 Å². The second-order valence-corrected chi connectivity index (χ2v) is 5.49. The summed E-state index contributed by atoms with van der Waals surface area (Å²) in [6, 6.07) is 10.4. The molecular weight excluding hydrogens is 288 g/mol. The van der Waals surface area contributed by atoms with Gasteiger partial charge in [-0.25, -0.2) is 4.98 Å². The topological polar surface area (TPSA) is 24.9 Å². The summed E-state index contributed by atoms with van der Waals surface area (Å²) in [5.74, 6) is 1.39. The van der Waals surface area contributed by atoms with E-state index in [4.69, 9.17) is 0 Å². The zero-order valence-electron chi connectivity index (χ0n) is 10.9. The molecule has 0 aliphatic carbocycles. The van der Waals surface area contributed by atoms with E-state index >= 15 is 0 Å². The van der Waals surface area contributed by atoms with Gasteiger partial charge in [-0.3, -0.25) is 0 Å². The van der Waals surface area contributed by atoms with Crippen LogP contribution in [-0.4, -0.2) is 4.98 Å². The number of aryl methyl sites for hydroxylation is 1. The second-order valence-electron chi connectivity index (χ2n) is 4.70. The molecule has 0 atom stereocenters. The fourth-order valence-electron chi connectivity index (χ4n) is 1.74. The van der Waals surface area contributed by atoms with Gasteiger partial charge >= 0.3 is 0 Å². The first kappa shape index (κ1) is 13.1. The van der Waals surface area contributed by atoms with Gasteiger partial charge in [-0.2, -0.15) is 0 Å². The number of aromatic nitrogens is 1. The maximum Gasteiger partial charge on any atom is 0.144 e. The molecule has 0 radical (unpaired) electrons. The lowest BCUT2D eigenvalue weighted by Crippen LogP contribution is -1.97. The number of nitrogens with zero attached hydrogens (tertiary/aromatic N) is 1. The number of benzene rings is 1. The van der Waals surface area contributed by atoms with Crippen molar-refractivity contribution in [2.75, 3.05) is 5.32 Å². The fraction of sp³-hybridized carbons (Fsp3) is 0.267. The highest BCUT2D eigenvalue weighted by atomic mass is 79.9. The number of nitrogens with one attached hydrogen (secondary N) is 1. The molecule has 2 rings (SSSR count). The number of rotatable bonds is 3. The Morgan fingerprint density at radius 3 is 2.72 bits per heavy atom. The van der Waals surface area contributed by atoms with E-state index < -0.39 is 0 Å². The molecule has 0 spiro atoms. The van der Waals surface area contributed by atoms with Crippen LogP contribution in [0.25, 0.3) is 0 Å². The number of hydrogen-bond acceptors (Lipinski definition) is 2. The van der Waals surface area contributed by atoms with Gasteiger partial charge in [0.25, 0.3) is 0 Å². The highest BCUT2D eigenvalue weighted by molar-refractivity contribution is 9.10. The van der Waals surface area contributed by atoms with Crippen molar-refractivity contribution >= 4 is 27.4 Å². The minimum Gasteiger partial charge on any atom is -0.339 e. The van der Waals surface area contributed by atoms with Gasteiger partial charge in [0, 0.05) is 11.9 Å². The normalized spacial score (nSPS) is 10.7. The van der Waals surface area contributed by atoms with Crippen LogP contribution in [0.1, 0.15) is 30.9 Å². The third kappa shape index (κ3) is 2.91. The summed E-state index contributed by atoms with van der Waals surface area (Å²) in [7, 11) is 0. The summed E-state index contributed by atoms with van der Waals surface area (Å²) < 4.78 is 1.01. The Balaban J connectivity index is 2.28. The molecule has 2 nitrogen and oxygen atoms in total. The van der Waals surface area contributed by atoms with Crippen LogP contribution in [0.4, 0.5) is 11.5 Å². The van der Waals surface area contributed by atoms with Crippen molar-refractivity contribution < 1.29 is 0 Å². The maximum absolute atomic E-state index is 4.35. The lowest BCUT2D eigenvalue weighted by molar-refractivity contribution is 0.867.